The molecule has 0 radical (unpaired) electrons. The van der Waals surface area contributed by atoms with E-state index in [1.807, 2.05) is 38.1 Å². The Morgan fingerprint density at radius 2 is 1.82 bits per heavy atom. The van der Waals surface area contributed by atoms with Crippen LogP contribution in [0.4, 0.5) is 0 Å². The smallest absolute Gasteiger partial charge is 0.313 e. The number of aliphatic carboxylic acids is 1. The fourth-order valence-corrected chi connectivity index (χ4v) is 5.81. The van der Waals surface area contributed by atoms with Crippen LogP contribution in [0.3, 0.4) is 0 Å². The molecule has 0 unspecified atom stereocenters. The SMILES string of the molecule is Cc1ncsc1-c1ccc([C@H](C)NC(=O)[C@@H]2C[C@@H](O)CN2C(=O)[C@@H](NC(=O)CSCC(=O)O)C(C)(C)C)cc1. The number of carbonyl (C=O) groups excluding carboxylic acids is 3. The van der Waals surface area contributed by atoms with Crippen LogP contribution < -0.4 is 10.6 Å². The monoisotopic (exact) mass is 576 g/mol. The quantitative estimate of drug-likeness (QED) is 0.337. The zero-order chi connectivity index (χ0) is 28.9. The van der Waals surface area contributed by atoms with Gasteiger partial charge in [-0.25, -0.2) is 4.98 Å². The molecule has 10 nitrogen and oxygen atoms in total. The number of nitrogens with zero attached hydrogens (tertiary/aromatic N) is 2. The van der Waals surface area contributed by atoms with Gasteiger partial charge >= 0.3 is 5.97 Å². The van der Waals surface area contributed by atoms with Crippen LogP contribution in [0.25, 0.3) is 10.4 Å². The van der Waals surface area contributed by atoms with Gasteiger partial charge in [0.1, 0.15) is 12.1 Å². The van der Waals surface area contributed by atoms with Crippen molar-refractivity contribution in [2.75, 3.05) is 18.1 Å². The third-order valence-electron chi connectivity index (χ3n) is 6.52. The van der Waals surface area contributed by atoms with Gasteiger partial charge in [0.05, 0.1) is 39.7 Å². The number of hydrogen-bond donors (Lipinski definition) is 4. The van der Waals surface area contributed by atoms with Gasteiger partial charge in [-0.3, -0.25) is 19.2 Å². The number of aryl methyl sites for hydroxylation is 1. The number of aromatic nitrogens is 1. The molecule has 39 heavy (non-hydrogen) atoms. The minimum Gasteiger partial charge on any atom is -0.481 e. The molecular formula is C27H36N4O6S2. The minimum atomic E-state index is -1.03. The van der Waals surface area contributed by atoms with Crippen LogP contribution in [0, 0.1) is 12.3 Å². The van der Waals surface area contributed by atoms with Crippen molar-refractivity contribution in [3.05, 3.63) is 41.0 Å². The van der Waals surface area contributed by atoms with Crippen LogP contribution in [0.5, 0.6) is 0 Å². The van der Waals surface area contributed by atoms with Crippen molar-refractivity contribution >= 4 is 46.8 Å². The van der Waals surface area contributed by atoms with E-state index in [2.05, 4.69) is 15.6 Å². The first-order valence-electron chi connectivity index (χ1n) is 12.7. The number of nitrogens with one attached hydrogen (secondary N) is 2. The number of aliphatic hydroxyl groups excluding tert-OH is 1. The number of likely N-dealkylation sites (tertiary alicyclic amines) is 1. The van der Waals surface area contributed by atoms with E-state index in [1.165, 1.54) is 4.90 Å². The fraction of sp³-hybridized carbons (Fsp3) is 0.519. The van der Waals surface area contributed by atoms with E-state index in [0.29, 0.717) is 0 Å². The predicted molar refractivity (Wildman–Crippen MR) is 151 cm³/mol. The number of carbonyl (C=O) groups is 4. The number of hydrogen-bond acceptors (Lipinski definition) is 8. The van der Waals surface area contributed by atoms with Gasteiger partial charge < -0.3 is 25.7 Å². The maximum absolute atomic E-state index is 13.6. The Bertz CT molecular complexity index is 1190. The van der Waals surface area contributed by atoms with Crippen molar-refractivity contribution < 1.29 is 29.4 Å². The Labute approximate surface area is 236 Å². The summed E-state index contributed by atoms with van der Waals surface area (Å²) in [6, 6.07) is 5.66. The summed E-state index contributed by atoms with van der Waals surface area (Å²) in [5.41, 5.74) is 4.01. The second-order valence-electron chi connectivity index (χ2n) is 10.8. The summed E-state index contributed by atoms with van der Waals surface area (Å²) in [7, 11) is 0. The lowest BCUT2D eigenvalue weighted by Gasteiger charge is -2.35. The molecular weight excluding hydrogens is 540 g/mol. The molecule has 1 aliphatic heterocycles. The highest BCUT2D eigenvalue weighted by Gasteiger charge is 2.44. The first kappa shape index (κ1) is 30.6. The molecule has 212 valence electrons. The van der Waals surface area contributed by atoms with Gasteiger partial charge in [0.25, 0.3) is 0 Å². The molecule has 12 heteroatoms. The predicted octanol–water partition coefficient (Wildman–Crippen LogP) is 2.61. The number of aliphatic hydroxyl groups is 1. The van der Waals surface area contributed by atoms with E-state index in [9.17, 15) is 24.3 Å². The highest BCUT2D eigenvalue weighted by Crippen LogP contribution is 2.29. The molecule has 0 saturated carbocycles. The molecule has 0 spiro atoms. The van der Waals surface area contributed by atoms with E-state index in [1.54, 1.807) is 37.6 Å². The van der Waals surface area contributed by atoms with Crippen molar-refractivity contribution in [1.82, 2.24) is 20.5 Å². The van der Waals surface area contributed by atoms with Crippen molar-refractivity contribution in [3.8, 4) is 10.4 Å². The lowest BCUT2D eigenvalue weighted by atomic mass is 9.85. The Morgan fingerprint density at radius 3 is 2.38 bits per heavy atom. The van der Waals surface area contributed by atoms with Crippen LogP contribution >= 0.6 is 23.1 Å². The van der Waals surface area contributed by atoms with Gasteiger partial charge in [0, 0.05) is 13.0 Å². The first-order valence-corrected chi connectivity index (χ1v) is 14.7. The zero-order valence-electron chi connectivity index (χ0n) is 22.8. The van der Waals surface area contributed by atoms with Crippen molar-refractivity contribution in [2.45, 2.75) is 65.3 Å². The fourth-order valence-electron chi connectivity index (χ4n) is 4.45. The second-order valence-corrected chi connectivity index (χ2v) is 12.6. The number of β-amino-alcohol motifs (C(OH)–C–C–N with tert-alkyl or cyclic N) is 1. The molecule has 3 rings (SSSR count). The van der Waals surface area contributed by atoms with E-state index < -0.39 is 41.4 Å². The summed E-state index contributed by atoms with van der Waals surface area (Å²) in [6.45, 7) is 9.17. The van der Waals surface area contributed by atoms with Crippen LogP contribution in [-0.2, 0) is 19.2 Å². The molecule has 3 amide bonds. The van der Waals surface area contributed by atoms with Gasteiger partial charge in [0.15, 0.2) is 0 Å². The highest BCUT2D eigenvalue weighted by atomic mass is 32.2. The number of thioether (sulfide) groups is 1. The molecule has 0 aliphatic carbocycles. The minimum absolute atomic E-state index is 0.0234. The molecule has 2 heterocycles. The summed E-state index contributed by atoms with van der Waals surface area (Å²) in [6.07, 6.45) is -0.781. The molecule has 1 aromatic carbocycles. The number of benzene rings is 1. The molecule has 4 atom stereocenters. The zero-order valence-corrected chi connectivity index (χ0v) is 24.4. The highest BCUT2D eigenvalue weighted by molar-refractivity contribution is 8.00. The van der Waals surface area contributed by atoms with E-state index in [4.69, 9.17) is 5.11 Å². The average Bonchev–Trinajstić information content (AvgIpc) is 3.46. The second kappa shape index (κ2) is 12.9. The molecule has 0 bridgehead atoms. The summed E-state index contributed by atoms with van der Waals surface area (Å²) in [4.78, 5) is 56.9. The van der Waals surface area contributed by atoms with Crippen LogP contribution in [0.2, 0.25) is 0 Å². The van der Waals surface area contributed by atoms with Gasteiger partial charge in [0.2, 0.25) is 17.7 Å². The first-order chi connectivity index (χ1) is 18.3. The van der Waals surface area contributed by atoms with Crippen molar-refractivity contribution in [3.63, 3.8) is 0 Å². The summed E-state index contributed by atoms with van der Waals surface area (Å²) < 4.78 is 0. The Hall–Kier alpha value is -2.96. The molecule has 4 N–H and O–H groups in total. The van der Waals surface area contributed by atoms with E-state index in [-0.39, 0.29) is 36.4 Å². The number of carboxylic acid groups (broad SMARTS) is 1. The molecule has 1 saturated heterocycles. The van der Waals surface area contributed by atoms with Crippen LogP contribution in [-0.4, -0.2) is 80.0 Å². The number of rotatable bonds is 10. The van der Waals surface area contributed by atoms with Gasteiger partial charge in [-0.2, -0.15) is 0 Å². The van der Waals surface area contributed by atoms with Crippen LogP contribution in [0.15, 0.2) is 29.8 Å². The summed E-state index contributed by atoms with van der Waals surface area (Å²) in [5, 5.41) is 24.8. The lowest BCUT2D eigenvalue weighted by Crippen LogP contribution is -2.58. The van der Waals surface area contributed by atoms with E-state index in [0.717, 1.165) is 33.5 Å². The maximum atomic E-state index is 13.6. The normalized spacial score (nSPS) is 18.9. The molecule has 1 fully saturated rings. The number of carboxylic acids is 1. The molecule has 2 aromatic rings. The van der Waals surface area contributed by atoms with Gasteiger partial charge in [-0.1, -0.05) is 45.0 Å². The molecule has 1 aromatic heterocycles. The third-order valence-corrected chi connectivity index (χ3v) is 8.41. The standard InChI is InChI=1S/C27H36N4O6S2/c1-15(17-6-8-18(9-7-17)23-16(2)28-14-39-23)29-25(36)20-10-19(32)11-31(20)26(37)24(27(3,4)5)30-21(33)12-38-13-22(34)35/h6-9,14-15,19-20,24,32H,10-13H2,1-5H3,(H,29,36)(H,30,33)(H,34,35)/t15-,19+,20-,24+/m0/s1. The summed E-state index contributed by atoms with van der Waals surface area (Å²) in [5.74, 6) is -2.69. The van der Waals surface area contributed by atoms with Crippen LogP contribution in [0.1, 0.15) is 51.4 Å². The van der Waals surface area contributed by atoms with Crippen molar-refractivity contribution in [2.24, 2.45) is 5.41 Å². The third kappa shape index (κ3) is 8.02. The lowest BCUT2D eigenvalue weighted by molar-refractivity contribution is -0.143. The Balaban J connectivity index is 1.69. The van der Waals surface area contributed by atoms with Crippen molar-refractivity contribution in [1.29, 1.82) is 0 Å². The van der Waals surface area contributed by atoms with Gasteiger partial charge in [-0.15, -0.1) is 23.1 Å². The number of amides is 3. The summed E-state index contributed by atoms with van der Waals surface area (Å²) >= 11 is 2.50. The van der Waals surface area contributed by atoms with E-state index >= 15 is 0 Å². The Kier molecular flexibility index (Phi) is 10.1. The number of thiazole rings is 1. The average molecular weight is 577 g/mol. The largest absolute Gasteiger partial charge is 0.481 e. The molecule has 1 aliphatic rings. The topological polar surface area (TPSA) is 149 Å². The maximum Gasteiger partial charge on any atom is 0.313 e. The van der Waals surface area contributed by atoms with Gasteiger partial charge in [-0.05, 0) is 30.4 Å². The Morgan fingerprint density at radius 1 is 1.15 bits per heavy atom.